The van der Waals surface area contributed by atoms with E-state index in [1.165, 1.54) is 12.0 Å². The van der Waals surface area contributed by atoms with E-state index < -0.39 is 11.9 Å². The minimum atomic E-state index is -1.82. The Balaban J connectivity index is 0.000000450. The van der Waals surface area contributed by atoms with Crippen LogP contribution in [0, 0.1) is 0 Å². The number of urea groups is 1. The monoisotopic (exact) mass is 351 g/mol. The van der Waals surface area contributed by atoms with Gasteiger partial charge in [-0.05, 0) is 31.2 Å². The molecule has 2 rings (SSSR count). The van der Waals surface area contributed by atoms with Gasteiger partial charge < -0.3 is 15.1 Å². The maximum atomic E-state index is 12.0. The molecule has 0 spiro atoms. The van der Waals surface area contributed by atoms with Gasteiger partial charge in [0.15, 0.2) is 0 Å². The van der Waals surface area contributed by atoms with Gasteiger partial charge in [-0.25, -0.2) is 19.8 Å². The molecule has 1 aromatic carbocycles. The Hall–Kier alpha value is -2.61. The molecule has 1 aromatic rings. The van der Waals surface area contributed by atoms with E-state index in [1.54, 1.807) is 0 Å². The van der Waals surface area contributed by atoms with Crippen LogP contribution in [0.1, 0.15) is 44.2 Å². The molecule has 1 fully saturated rings. The van der Waals surface area contributed by atoms with Crippen LogP contribution in [0.5, 0.6) is 0 Å². The van der Waals surface area contributed by atoms with Gasteiger partial charge in [0.05, 0.1) is 6.04 Å². The number of carboxylic acid groups (broad SMARTS) is 2. The summed E-state index contributed by atoms with van der Waals surface area (Å²) in [5.41, 5.74) is 7.18. The molecular formula is C17H25N3O5. The third-order valence-electron chi connectivity index (χ3n) is 3.79. The fraction of sp³-hybridized carbons (Fsp3) is 0.471. The lowest BCUT2D eigenvalue weighted by atomic mass is 10.1. The lowest BCUT2D eigenvalue weighted by Gasteiger charge is -2.28. The van der Waals surface area contributed by atoms with Gasteiger partial charge in [-0.1, -0.05) is 37.3 Å². The van der Waals surface area contributed by atoms with Crippen molar-refractivity contribution in [2.75, 3.05) is 13.1 Å². The summed E-state index contributed by atoms with van der Waals surface area (Å²) in [4.78, 5) is 32.1. The van der Waals surface area contributed by atoms with Gasteiger partial charge in [-0.2, -0.15) is 0 Å². The summed E-state index contributed by atoms with van der Waals surface area (Å²) in [6.07, 6.45) is 4.40. The topological polar surface area (TPSA) is 119 Å². The molecule has 4 N–H and O–H groups in total. The zero-order valence-corrected chi connectivity index (χ0v) is 14.3. The second-order valence-electron chi connectivity index (χ2n) is 5.60. The van der Waals surface area contributed by atoms with Crippen LogP contribution in [0.15, 0.2) is 30.3 Å². The molecule has 1 unspecified atom stereocenters. The van der Waals surface area contributed by atoms with Crippen LogP contribution >= 0.6 is 0 Å². The molecule has 0 aromatic heterocycles. The molecule has 0 radical (unpaired) electrons. The summed E-state index contributed by atoms with van der Waals surface area (Å²) in [5, 5.41) is 14.8. The van der Waals surface area contributed by atoms with E-state index in [0.717, 1.165) is 32.4 Å². The average Bonchev–Trinajstić information content (AvgIpc) is 2.64. The molecule has 8 nitrogen and oxygen atoms in total. The highest BCUT2D eigenvalue weighted by atomic mass is 16.4. The number of rotatable bonds is 4. The molecule has 8 heteroatoms. The fourth-order valence-corrected chi connectivity index (χ4v) is 2.43. The number of amides is 2. The van der Waals surface area contributed by atoms with Gasteiger partial charge in [0.25, 0.3) is 0 Å². The number of piperidine rings is 1. The predicted molar refractivity (Wildman–Crippen MR) is 91.8 cm³/mol. The first-order valence-corrected chi connectivity index (χ1v) is 8.27. The van der Waals surface area contributed by atoms with Crippen molar-refractivity contribution in [3.8, 4) is 0 Å². The molecule has 0 bridgehead atoms. The minimum Gasteiger partial charge on any atom is -0.473 e. The van der Waals surface area contributed by atoms with Crippen molar-refractivity contribution in [2.24, 2.45) is 0 Å². The zero-order valence-electron chi connectivity index (χ0n) is 14.3. The van der Waals surface area contributed by atoms with E-state index >= 15 is 0 Å². The number of likely N-dealkylation sites (tertiary alicyclic amines) is 1. The van der Waals surface area contributed by atoms with E-state index in [4.69, 9.17) is 19.8 Å². The number of nitrogens with one attached hydrogen (secondary N) is 2. The Morgan fingerprint density at radius 3 is 2.08 bits per heavy atom. The van der Waals surface area contributed by atoms with Crippen LogP contribution in [0.4, 0.5) is 4.79 Å². The Labute approximate surface area is 146 Å². The maximum absolute atomic E-state index is 12.0. The number of carbonyl (C=O) groups is 3. The summed E-state index contributed by atoms with van der Waals surface area (Å²) in [5.74, 6) is -3.65. The second-order valence-corrected chi connectivity index (χ2v) is 5.60. The largest absolute Gasteiger partial charge is 0.473 e. The molecule has 0 saturated carbocycles. The number of hydrogen-bond donors (Lipinski definition) is 4. The van der Waals surface area contributed by atoms with Crippen molar-refractivity contribution in [2.45, 2.75) is 38.6 Å². The Morgan fingerprint density at radius 2 is 1.60 bits per heavy atom. The summed E-state index contributed by atoms with van der Waals surface area (Å²) < 4.78 is 0. The first kappa shape index (κ1) is 20.4. The van der Waals surface area contributed by atoms with Gasteiger partial charge in [-0.3, -0.25) is 5.43 Å². The second kappa shape index (κ2) is 11.0. The van der Waals surface area contributed by atoms with Crippen LogP contribution in [-0.4, -0.2) is 46.2 Å². The quantitative estimate of drug-likeness (QED) is 0.486. The van der Waals surface area contributed by atoms with Crippen LogP contribution in [0.3, 0.4) is 0 Å². The van der Waals surface area contributed by atoms with E-state index in [0.29, 0.717) is 0 Å². The molecule has 0 aliphatic carbocycles. The summed E-state index contributed by atoms with van der Waals surface area (Å²) in [6.45, 7) is 3.85. The van der Waals surface area contributed by atoms with Crippen molar-refractivity contribution < 1.29 is 24.6 Å². The van der Waals surface area contributed by atoms with Gasteiger partial charge >= 0.3 is 18.0 Å². The molecule has 1 aliphatic rings. The number of nitrogens with zero attached hydrogens (tertiary/aromatic N) is 1. The van der Waals surface area contributed by atoms with Gasteiger partial charge in [0, 0.05) is 13.1 Å². The standard InChI is InChI=1S/C15H23N3O.C2H2O4/c1-2-14(13-9-5-3-6-10-13)16-17-15(19)18-11-7-4-8-12-18;3-1(4)2(5)6/h3,5-6,9-10,14,16H,2,4,7-8,11-12H2,1H3,(H,17,19);(H,3,4)(H,5,6). The maximum Gasteiger partial charge on any atom is 0.414 e. The van der Waals surface area contributed by atoms with Crippen LogP contribution in [0.25, 0.3) is 0 Å². The molecule has 2 amide bonds. The lowest BCUT2D eigenvalue weighted by molar-refractivity contribution is -0.159. The summed E-state index contributed by atoms with van der Waals surface area (Å²) in [7, 11) is 0. The normalized spacial score (nSPS) is 14.7. The first-order chi connectivity index (χ1) is 12.0. The molecule has 1 atom stereocenters. The van der Waals surface area contributed by atoms with Gasteiger partial charge in [0.2, 0.25) is 0 Å². The molecular weight excluding hydrogens is 326 g/mol. The number of aliphatic carboxylic acids is 2. The van der Waals surface area contributed by atoms with Gasteiger partial charge in [-0.15, -0.1) is 0 Å². The molecule has 1 heterocycles. The van der Waals surface area contributed by atoms with E-state index in [9.17, 15) is 4.79 Å². The van der Waals surface area contributed by atoms with E-state index in [1.807, 2.05) is 23.1 Å². The van der Waals surface area contributed by atoms with Crippen LogP contribution in [-0.2, 0) is 9.59 Å². The third kappa shape index (κ3) is 7.67. The number of hydrazine groups is 1. The van der Waals surface area contributed by atoms with Crippen molar-refractivity contribution in [1.29, 1.82) is 0 Å². The van der Waals surface area contributed by atoms with Crippen LogP contribution in [0.2, 0.25) is 0 Å². The average molecular weight is 351 g/mol. The number of hydrogen-bond acceptors (Lipinski definition) is 4. The Kier molecular flexibility index (Phi) is 9.02. The highest BCUT2D eigenvalue weighted by molar-refractivity contribution is 6.27. The molecule has 1 aliphatic heterocycles. The third-order valence-corrected chi connectivity index (χ3v) is 3.79. The summed E-state index contributed by atoms with van der Waals surface area (Å²) in [6, 6.07) is 10.4. The smallest absolute Gasteiger partial charge is 0.414 e. The van der Waals surface area contributed by atoms with Crippen molar-refractivity contribution >= 4 is 18.0 Å². The number of carbonyl (C=O) groups excluding carboxylic acids is 1. The number of carboxylic acids is 2. The van der Waals surface area contributed by atoms with E-state index in [-0.39, 0.29) is 12.1 Å². The minimum absolute atomic E-state index is 0.00548. The predicted octanol–water partition coefficient (Wildman–Crippen LogP) is 1.99. The van der Waals surface area contributed by atoms with Crippen LogP contribution < -0.4 is 10.9 Å². The van der Waals surface area contributed by atoms with Crippen molar-refractivity contribution in [3.63, 3.8) is 0 Å². The summed E-state index contributed by atoms with van der Waals surface area (Å²) >= 11 is 0. The number of benzene rings is 1. The molecule has 1 saturated heterocycles. The van der Waals surface area contributed by atoms with Crippen molar-refractivity contribution in [3.05, 3.63) is 35.9 Å². The Morgan fingerprint density at radius 1 is 1.04 bits per heavy atom. The van der Waals surface area contributed by atoms with E-state index in [2.05, 4.69) is 29.9 Å². The highest BCUT2D eigenvalue weighted by Crippen LogP contribution is 2.15. The fourth-order valence-electron chi connectivity index (χ4n) is 2.43. The van der Waals surface area contributed by atoms with Gasteiger partial charge in [0.1, 0.15) is 0 Å². The molecule has 138 valence electrons. The zero-order chi connectivity index (χ0) is 18.7. The first-order valence-electron chi connectivity index (χ1n) is 8.27. The van der Waals surface area contributed by atoms with Crippen molar-refractivity contribution in [1.82, 2.24) is 15.8 Å². The Bertz CT molecular complexity index is 547. The molecule has 25 heavy (non-hydrogen) atoms. The SMILES string of the molecule is CCC(NNC(=O)N1CCCCC1)c1ccccc1.O=C(O)C(=O)O. The lowest BCUT2D eigenvalue weighted by Crippen LogP contribution is -2.49. The highest BCUT2D eigenvalue weighted by Gasteiger charge is 2.17.